The van der Waals surface area contributed by atoms with Gasteiger partial charge in [-0.25, -0.2) is 0 Å². The number of fused-ring (bicyclic) bond motifs is 17. The van der Waals surface area contributed by atoms with Crippen molar-refractivity contribution in [2.75, 3.05) is 0 Å². The molecule has 48 heavy (non-hydrogen) atoms. The predicted octanol–water partition coefficient (Wildman–Crippen LogP) is 12.8. The number of hydrogen-bond donors (Lipinski definition) is 0. The Morgan fingerprint density at radius 1 is 0.333 bits per heavy atom. The molecule has 1 aliphatic carbocycles. The van der Waals surface area contributed by atoms with E-state index in [0.717, 1.165) is 0 Å². The monoisotopic (exact) mass is 624 g/mol. The van der Waals surface area contributed by atoms with Crippen LogP contribution in [0.25, 0.3) is 65.3 Å². The highest BCUT2D eigenvalue weighted by atomic mass is 32.2. The third kappa shape index (κ3) is 3.36. The Hall–Kier alpha value is -5.63. The van der Waals surface area contributed by atoms with Crippen LogP contribution < -0.4 is 0 Å². The van der Waals surface area contributed by atoms with Crippen molar-refractivity contribution in [2.24, 2.45) is 0 Å². The average Bonchev–Trinajstić information content (AvgIpc) is 3.45. The molecule has 0 saturated heterocycles. The second-order valence-electron chi connectivity index (χ2n) is 13.2. The average molecular weight is 625 g/mol. The highest BCUT2D eigenvalue weighted by molar-refractivity contribution is 7.99. The summed E-state index contributed by atoms with van der Waals surface area (Å²) >= 11 is 1.90. The van der Waals surface area contributed by atoms with Gasteiger partial charge in [0.2, 0.25) is 0 Å². The third-order valence-corrected chi connectivity index (χ3v) is 12.1. The Kier molecular flexibility index (Phi) is 5.34. The van der Waals surface area contributed by atoms with Gasteiger partial charge in [0, 0.05) is 9.79 Å². The van der Waals surface area contributed by atoms with Crippen molar-refractivity contribution in [1.82, 2.24) is 0 Å². The Morgan fingerprint density at radius 2 is 0.854 bits per heavy atom. The molecule has 222 valence electrons. The van der Waals surface area contributed by atoms with E-state index in [0.29, 0.717) is 0 Å². The molecule has 0 bridgehead atoms. The summed E-state index contributed by atoms with van der Waals surface area (Å²) in [5.41, 5.74) is 10.3. The lowest BCUT2D eigenvalue weighted by molar-refractivity contribution is 0.723. The van der Waals surface area contributed by atoms with E-state index in [4.69, 9.17) is 0 Å². The fourth-order valence-electron chi connectivity index (χ4n) is 8.93. The first-order valence-electron chi connectivity index (χ1n) is 16.7. The normalized spacial score (nSPS) is 13.9. The summed E-state index contributed by atoms with van der Waals surface area (Å²) < 4.78 is 0. The maximum atomic E-state index is 2.51. The zero-order valence-corrected chi connectivity index (χ0v) is 26.9. The van der Waals surface area contributed by atoms with Crippen LogP contribution in [0.1, 0.15) is 22.3 Å². The maximum Gasteiger partial charge on any atom is 0.0735 e. The molecular weight excluding hydrogens is 597 g/mol. The first-order valence-corrected chi connectivity index (χ1v) is 17.5. The Labute approximate surface area is 283 Å². The number of benzene rings is 9. The van der Waals surface area contributed by atoms with E-state index in [1.807, 2.05) is 11.8 Å². The van der Waals surface area contributed by atoms with Gasteiger partial charge in [-0.05, 0) is 112 Å². The first kappa shape index (κ1) is 26.4. The van der Waals surface area contributed by atoms with Gasteiger partial charge < -0.3 is 0 Å². The van der Waals surface area contributed by atoms with Gasteiger partial charge in [0.05, 0.1) is 5.41 Å². The molecule has 0 N–H and O–H groups in total. The van der Waals surface area contributed by atoms with Gasteiger partial charge in [0.25, 0.3) is 0 Å². The molecule has 0 atom stereocenters. The fourth-order valence-corrected chi connectivity index (χ4v) is 10.1. The maximum absolute atomic E-state index is 2.51. The van der Waals surface area contributed by atoms with Crippen LogP contribution in [0.2, 0.25) is 0 Å². The van der Waals surface area contributed by atoms with Crippen LogP contribution in [-0.4, -0.2) is 0 Å². The second kappa shape index (κ2) is 9.70. The van der Waals surface area contributed by atoms with Crippen LogP contribution in [0.5, 0.6) is 0 Å². The minimum atomic E-state index is -0.414. The molecule has 9 aromatic rings. The van der Waals surface area contributed by atoms with Gasteiger partial charge in [0.15, 0.2) is 0 Å². The summed E-state index contributed by atoms with van der Waals surface area (Å²) in [7, 11) is 0. The molecule has 2 aliphatic rings. The third-order valence-electron chi connectivity index (χ3n) is 10.9. The van der Waals surface area contributed by atoms with Crippen molar-refractivity contribution in [3.8, 4) is 22.3 Å². The van der Waals surface area contributed by atoms with Gasteiger partial charge in [-0.15, -0.1) is 0 Å². The molecule has 0 unspecified atom stereocenters. The molecule has 0 amide bonds. The largest absolute Gasteiger partial charge is 0.0894 e. The minimum Gasteiger partial charge on any atom is -0.0894 e. The molecule has 11 rings (SSSR count). The molecule has 0 aromatic heterocycles. The van der Waals surface area contributed by atoms with E-state index in [1.54, 1.807) is 0 Å². The highest BCUT2D eigenvalue weighted by Crippen LogP contribution is 2.63. The standard InChI is InChI=1S/C47H28S/c1-2-12-32-29(11-1)23-26-42-46(32)38-25-22-31(28-43(38)47(42)40-17-7-9-19-44(40)48-45-20-10-8-18-41(45)47)30-21-24-37-35-15-4-3-13-33(35)34-14-5-6-16-36(34)39(37)27-30/h1-28H. The van der Waals surface area contributed by atoms with E-state index in [-0.39, 0.29) is 0 Å². The van der Waals surface area contributed by atoms with Crippen LogP contribution in [0.15, 0.2) is 180 Å². The van der Waals surface area contributed by atoms with Gasteiger partial charge in [0.1, 0.15) is 0 Å². The molecular formula is C47H28S. The lowest BCUT2D eigenvalue weighted by Gasteiger charge is -2.39. The Balaban J connectivity index is 1.24. The molecule has 0 radical (unpaired) electrons. The van der Waals surface area contributed by atoms with E-state index < -0.39 is 5.41 Å². The van der Waals surface area contributed by atoms with E-state index in [1.165, 1.54) is 97.4 Å². The highest BCUT2D eigenvalue weighted by Gasteiger charge is 2.50. The molecule has 0 fully saturated rings. The lowest BCUT2D eigenvalue weighted by atomic mass is 9.67. The first-order chi connectivity index (χ1) is 23.8. The van der Waals surface area contributed by atoms with Crippen molar-refractivity contribution < 1.29 is 0 Å². The number of rotatable bonds is 1. The molecule has 1 aliphatic heterocycles. The number of hydrogen-bond acceptors (Lipinski definition) is 1. The fraction of sp³-hybridized carbons (Fsp3) is 0.0213. The van der Waals surface area contributed by atoms with Crippen LogP contribution in [-0.2, 0) is 5.41 Å². The Bertz CT molecular complexity index is 2740. The Morgan fingerprint density at radius 3 is 1.54 bits per heavy atom. The van der Waals surface area contributed by atoms with Crippen molar-refractivity contribution in [2.45, 2.75) is 15.2 Å². The summed E-state index contributed by atoms with van der Waals surface area (Å²) in [6.07, 6.45) is 0. The molecule has 0 saturated carbocycles. The molecule has 1 spiro atoms. The lowest BCUT2D eigenvalue weighted by Crippen LogP contribution is -2.32. The van der Waals surface area contributed by atoms with Gasteiger partial charge in [-0.2, -0.15) is 0 Å². The van der Waals surface area contributed by atoms with Crippen LogP contribution in [0.3, 0.4) is 0 Å². The topological polar surface area (TPSA) is 0 Å². The molecule has 1 heteroatoms. The summed E-state index contributed by atoms with van der Waals surface area (Å²) in [6, 6.07) is 63.8. The van der Waals surface area contributed by atoms with Crippen molar-refractivity contribution in [1.29, 1.82) is 0 Å². The predicted molar refractivity (Wildman–Crippen MR) is 203 cm³/mol. The van der Waals surface area contributed by atoms with Crippen molar-refractivity contribution in [3.63, 3.8) is 0 Å². The quantitative estimate of drug-likeness (QED) is 0.164. The zero-order valence-electron chi connectivity index (χ0n) is 26.1. The second-order valence-corrected chi connectivity index (χ2v) is 14.2. The van der Waals surface area contributed by atoms with Crippen LogP contribution in [0, 0.1) is 0 Å². The zero-order chi connectivity index (χ0) is 31.4. The molecule has 1 heterocycles. The summed E-state index contributed by atoms with van der Waals surface area (Å²) in [5, 5.41) is 10.4. The molecule has 0 nitrogen and oxygen atoms in total. The SMILES string of the molecule is c1ccc2c(c1)Sc1ccccc1C21c2cc(-c3ccc4c5ccccc5c5ccccc5c4c3)ccc2-c2c1ccc1ccccc21. The van der Waals surface area contributed by atoms with Crippen molar-refractivity contribution >= 4 is 54.9 Å². The summed E-state index contributed by atoms with van der Waals surface area (Å²) in [4.78, 5) is 2.66. The van der Waals surface area contributed by atoms with Crippen LogP contribution in [0.4, 0.5) is 0 Å². The van der Waals surface area contributed by atoms with Gasteiger partial charge in [-0.3, -0.25) is 0 Å². The van der Waals surface area contributed by atoms with Crippen LogP contribution >= 0.6 is 11.8 Å². The van der Waals surface area contributed by atoms with Gasteiger partial charge >= 0.3 is 0 Å². The summed E-state index contributed by atoms with van der Waals surface area (Å²) in [6.45, 7) is 0. The van der Waals surface area contributed by atoms with E-state index in [9.17, 15) is 0 Å². The summed E-state index contributed by atoms with van der Waals surface area (Å²) in [5.74, 6) is 0. The molecule has 9 aromatic carbocycles. The van der Waals surface area contributed by atoms with Gasteiger partial charge in [-0.1, -0.05) is 157 Å². The van der Waals surface area contributed by atoms with E-state index in [2.05, 4.69) is 170 Å². The van der Waals surface area contributed by atoms with E-state index >= 15 is 0 Å². The van der Waals surface area contributed by atoms with Crippen molar-refractivity contribution in [3.05, 3.63) is 192 Å². The minimum absolute atomic E-state index is 0.414. The smallest absolute Gasteiger partial charge is 0.0735 e.